The maximum absolute atomic E-state index is 12.4. The smallest absolute Gasteiger partial charge is 0.306 e. The van der Waals surface area contributed by atoms with Gasteiger partial charge in [0.2, 0.25) is 5.89 Å². The van der Waals surface area contributed by atoms with Crippen molar-refractivity contribution in [3.8, 4) is 11.3 Å². The molecule has 0 spiro atoms. The number of benzene rings is 2. The molecule has 5 rings (SSSR count). The van der Waals surface area contributed by atoms with Gasteiger partial charge >= 0.3 is 5.97 Å². The predicted octanol–water partition coefficient (Wildman–Crippen LogP) is 4.83. The van der Waals surface area contributed by atoms with Gasteiger partial charge in [-0.05, 0) is 38.0 Å². The van der Waals surface area contributed by atoms with Crippen LogP contribution in [0.5, 0.6) is 0 Å². The summed E-state index contributed by atoms with van der Waals surface area (Å²) in [6, 6.07) is 17.6. The Morgan fingerprint density at radius 1 is 1.06 bits per heavy atom. The molecule has 2 aromatic carbocycles. The molecule has 0 atom stereocenters. The predicted molar refractivity (Wildman–Crippen MR) is 120 cm³/mol. The summed E-state index contributed by atoms with van der Waals surface area (Å²) in [5.41, 5.74) is 5.55. The van der Waals surface area contributed by atoms with E-state index in [-0.39, 0.29) is 19.0 Å². The van der Waals surface area contributed by atoms with Crippen LogP contribution < -0.4 is 0 Å². The van der Waals surface area contributed by atoms with E-state index in [9.17, 15) is 4.79 Å². The SMILES string of the molecule is Cc1nc2c3ccccc3nn2c(C)c1CCC(=O)OCc1ncc(-c2ccccc2)o1. The van der Waals surface area contributed by atoms with Crippen LogP contribution in [-0.2, 0) is 22.6 Å². The van der Waals surface area contributed by atoms with Gasteiger partial charge in [-0.1, -0.05) is 42.5 Å². The molecule has 5 aromatic rings. The standard InChI is InChI=1S/C25H22N4O3/c1-16-19(17(2)29-25(27-16)20-10-6-7-11-21(20)28-29)12-13-24(30)31-15-23-26-14-22(32-23)18-8-4-3-5-9-18/h3-11,14H,12-13,15H2,1-2H3. The quantitative estimate of drug-likeness (QED) is 0.362. The Balaban J connectivity index is 1.25. The lowest BCUT2D eigenvalue weighted by molar-refractivity contribution is -0.145. The summed E-state index contributed by atoms with van der Waals surface area (Å²) in [5, 5.41) is 5.68. The maximum Gasteiger partial charge on any atom is 0.306 e. The number of ether oxygens (including phenoxy) is 1. The van der Waals surface area contributed by atoms with E-state index in [4.69, 9.17) is 14.1 Å². The molecule has 160 valence electrons. The zero-order valence-electron chi connectivity index (χ0n) is 17.9. The van der Waals surface area contributed by atoms with Crippen LogP contribution in [0.3, 0.4) is 0 Å². The molecule has 7 nitrogen and oxygen atoms in total. The van der Waals surface area contributed by atoms with E-state index in [0.717, 1.165) is 39.1 Å². The molecule has 0 aliphatic rings. The first-order valence-electron chi connectivity index (χ1n) is 10.5. The molecule has 0 amide bonds. The van der Waals surface area contributed by atoms with E-state index in [2.05, 4.69) is 10.1 Å². The van der Waals surface area contributed by atoms with Crippen LogP contribution in [-0.4, -0.2) is 25.6 Å². The van der Waals surface area contributed by atoms with Crippen molar-refractivity contribution < 1.29 is 13.9 Å². The Kier molecular flexibility index (Phi) is 5.15. The highest BCUT2D eigenvalue weighted by atomic mass is 16.5. The summed E-state index contributed by atoms with van der Waals surface area (Å²) in [5.74, 6) is 0.707. The van der Waals surface area contributed by atoms with Crippen molar-refractivity contribution >= 4 is 22.5 Å². The zero-order valence-corrected chi connectivity index (χ0v) is 17.9. The molecule has 0 saturated carbocycles. The topological polar surface area (TPSA) is 82.5 Å². The van der Waals surface area contributed by atoms with Crippen LogP contribution in [0.4, 0.5) is 0 Å². The van der Waals surface area contributed by atoms with Gasteiger partial charge < -0.3 is 9.15 Å². The highest BCUT2D eigenvalue weighted by Gasteiger charge is 2.16. The Morgan fingerprint density at radius 3 is 2.69 bits per heavy atom. The molecule has 0 aliphatic carbocycles. The van der Waals surface area contributed by atoms with Crippen molar-refractivity contribution in [3.63, 3.8) is 0 Å². The minimum atomic E-state index is -0.311. The first kappa shape index (κ1) is 19.9. The van der Waals surface area contributed by atoms with Crippen LogP contribution in [0.15, 0.2) is 65.2 Å². The van der Waals surface area contributed by atoms with Gasteiger partial charge in [-0.25, -0.2) is 14.5 Å². The average Bonchev–Trinajstić information content (AvgIpc) is 3.43. The van der Waals surface area contributed by atoms with Crippen molar-refractivity contribution in [2.45, 2.75) is 33.3 Å². The molecule has 0 unspecified atom stereocenters. The molecule has 0 radical (unpaired) electrons. The number of nitrogens with zero attached hydrogens (tertiary/aromatic N) is 4. The Bertz CT molecular complexity index is 1420. The monoisotopic (exact) mass is 426 g/mol. The fraction of sp³-hybridized carbons (Fsp3) is 0.200. The average molecular weight is 426 g/mol. The largest absolute Gasteiger partial charge is 0.456 e. The normalized spacial score (nSPS) is 11.3. The van der Waals surface area contributed by atoms with Gasteiger partial charge in [-0.3, -0.25) is 4.79 Å². The second-order valence-electron chi connectivity index (χ2n) is 7.66. The number of carbonyl (C=O) groups excluding carboxylic acids is 1. The number of hydrogen-bond acceptors (Lipinski definition) is 6. The van der Waals surface area contributed by atoms with Crippen molar-refractivity contribution in [1.29, 1.82) is 0 Å². The van der Waals surface area contributed by atoms with Gasteiger partial charge in [0.05, 0.1) is 11.7 Å². The molecule has 32 heavy (non-hydrogen) atoms. The van der Waals surface area contributed by atoms with Crippen LogP contribution in [0.1, 0.15) is 29.3 Å². The van der Waals surface area contributed by atoms with Gasteiger partial charge in [-0.2, -0.15) is 5.10 Å². The van der Waals surface area contributed by atoms with E-state index in [0.29, 0.717) is 18.1 Å². The minimum absolute atomic E-state index is 0.00542. The molecule has 0 bridgehead atoms. The summed E-state index contributed by atoms with van der Waals surface area (Å²) in [6.07, 6.45) is 2.40. The molecule has 7 heteroatoms. The summed E-state index contributed by atoms with van der Waals surface area (Å²) in [4.78, 5) is 21.3. The first-order chi connectivity index (χ1) is 15.6. The van der Waals surface area contributed by atoms with Gasteiger partial charge in [0.1, 0.15) is 0 Å². The van der Waals surface area contributed by atoms with Gasteiger partial charge in [0, 0.05) is 28.8 Å². The number of oxazole rings is 1. The fourth-order valence-corrected chi connectivity index (χ4v) is 3.89. The minimum Gasteiger partial charge on any atom is -0.456 e. The zero-order chi connectivity index (χ0) is 22.1. The van der Waals surface area contributed by atoms with Crippen LogP contribution in [0.2, 0.25) is 0 Å². The van der Waals surface area contributed by atoms with Crippen molar-refractivity contribution in [2.75, 3.05) is 0 Å². The van der Waals surface area contributed by atoms with Crippen LogP contribution >= 0.6 is 0 Å². The highest BCUT2D eigenvalue weighted by Crippen LogP contribution is 2.23. The third-order valence-electron chi connectivity index (χ3n) is 5.57. The summed E-state index contributed by atoms with van der Waals surface area (Å²) in [7, 11) is 0. The third-order valence-corrected chi connectivity index (χ3v) is 5.57. The second kappa shape index (κ2) is 8.26. The fourth-order valence-electron chi connectivity index (χ4n) is 3.89. The number of aromatic nitrogens is 4. The molecule has 0 fully saturated rings. The van der Waals surface area contributed by atoms with E-state index in [1.54, 1.807) is 6.20 Å². The van der Waals surface area contributed by atoms with E-state index < -0.39 is 0 Å². The van der Waals surface area contributed by atoms with Crippen molar-refractivity contribution in [3.05, 3.63) is 83.6 Å². The molecule has 3 heterocycles. The molecular weight excluding hydrogens is 404 g/mol. The molecule has 0 N–H and O–H groups in total. The number of fused-ring (bicyclic) bond motifs is 3. The number of rotatable bonds is 6. The molecule has 0 aliphatic heterocycles. The summed E-state index contributed by atoms with van der Waals surface area (Å²) in [6.45, 7) is 3.98. The molecular formula is C25H22N4O3. The number of esters is 1. The second-order valence-corrected chi connectivity index (χ2v) is 7.66. The summed E-state index contributed by atoms with van der Waals surface area (Å²) >= 11 is 0. The van der Waals surface area contributed by atoms with Crippen LogP contribution in [0.25, 0.3) is 27.9 Å². The first-order valence-corrected chi connectivity index (χ1v) is 10.5. The molecule has 3 aromatic heterocycles. The Labute approximate surface area is 184 Å². The molecule has 0 saturated heterocycles. The van der Waals surface area contributed by atoms with Gasteiger partial charge in [-0.15, -0.1) is 0 Å². The van der Waals surface area contributed by atoms with Crippen molar-refractivity contribution in [2.24, 2.45) is 0 Å². The van der Waals surface area contributed by atoms with Gasteiger partial charge in [0.25, 0.3) is 0 Å². The Morgan fingerprint density at radius 2 is 1.84 bits per heavy atom. The number of carbonyl (C=O) groups is 1. The van der Waals surface area contributed by atoms with E-state index >= 15 is 0 Å². The number of aryl methyl sites for hydroxylation is 2. The van der Waals surface area contributed by atoms with Crippen molar-refractivity contribution in [1.82, 2.24) is 19.6 Å². The lowest BCUT2D eigenvalue weighted by Crippen LogP contribution is -2.10. The number of hydrogen-bond donors (Lipinski definition) is 0. The van der Waals surface area contributed by atoms with Crippen LogP contribution in [0, 0.1) is 13.8 Å². The van der Waals surface area contributed by atoms with Gasteiger partial charge in [0.15, 0.2) is 18.0 Å². The lowest BCUT2D eigenvalue weighted by Gasteiger charge is -2.10. The maximum atomic E-state index is 12.4. The lowest BCUT2D eigenvalue weighted by atomic mass is 10.1. The Hall–Kier alpha value is -4.00. The third kappa shape index (κ3) is 3.73. The summed E-state index contributed by atoms with van der Waals surface area (Å²) < 4.78 is 12.9. The van der Waals surface area contributed by atoms with E-state index in [1.165, 1.54) is 0 Å². The van der Waals surface area contributed by atoms with E-state index in [1.807, 2.05) is 73.0 Å². The highest BCUT2D eigenvalue weighted by molar-refractivity contribution is 5.92.